The first-order chi connectivity index (χ1) is 12.0. The number of aromatic nitrogens is 1. The molecule has 0 saturated carbocycles. The standard InChI is InChI=1S/C15H10ClF3N2O4S/c1-21-12-5-3-9(7-13(12)25-14(21)22)26(23,24)20-8-2-4-11(16)10(6-8)15(17,18)19/h2-7,20H,1H3. The van der Waals surface area contributed by atoms with Crippen LogP contribution in [0.2, 0.25) is 5.02 Å². The van der Waals surface area contributed by atoms with Crippen LogP contribution in [0.15, 0.2) is 50.5 Å². The Morgan fingerprint density at radius 1 is 1.15 bits per heavy atom. The van der Waals surface area contributed by atoms with Gasteiger partial charge in [0, 0.05) is 18.8 Å². The Labute approximate surface area is 149 Å². The fourth-order valence-electron chi connectivity index (χ4n) is 2.30. The summed E-state index contributed by atoms with van der Waals surface area (Å²) in [6.45, 7) is 0. The molecule has 0 bridgehead atoms. The van der Waals surface area contributed by atoms with Crippen LogP contribution in [0.1, 0.15) is 5.56 Å². The number of rotatable bonds is 3. The van der Waals surface area contributed by atoms with Crippen LogP contribution in [0.3, 0.4) is 0 Å². The van der Waals surface area contributed by atoms with Gasteiger partial charge < -0.3 is 4.42 Å². The second-order valence-electron chi connectivity index (χ2n) is 5.35. The van der Waals surface area contributed by atoms with Gasteiger partial charge in [-0.1, -0.05) is 11.6 Å². The van der Waals surface area contributed by atoms with Gasteiger partial charge in [0.1, 0.15) is 0 Å². The summed E-state index contributed by atoms with van der Waals surface area (Å²) in [5.41, 5.74) is -1.06. The van der Waals surface area contributed by atoms with Crippen molar-refractivity contribution in [3.8, 4) is 0 Å². The average molecular weight is 407 g/mol. The third-order valence-electron chi connectivity index (χ3n) is 3.60. The Morgan fingerprint density at radius 3 is 2.50 bits per heavy atom. The van der Waals surface area contributed by atoms with Crippen molar-refractivity contribution in [1.82, 2.24) is 4.57 Å². The number of hydrogen-bond acceptors (Lipinski definition) is 4. The molecule has 0 aliphatic carbocycles. The lowest BCUT2D eigenvalue weighted by atomic mass is 10.2. The van der Waals surface area contributed by atoms with Crippen LogP contribution in [-0.4, -0.2) is 13.0 Å². The molecule has 0 radical (unpaired) electrons. The number of halogens is 4. The fraction of sp³-hybridized carbons (Fsp3) is 0.133. The molecule has 0 unspecified atom stereocenters. The molecule has 0 aliphatic heterocycles. The molecule has 0 fully saturated rings. The molecule has 3 aromatic rings. The summed E-state index contributed by atoms with van der Waals surface area (Å²) in [4.78, 5) is 11.2. The molecule has 26 heavy (non-hydrogen) atoms. The third-order valence-corrected chi connectivity index (χ3v) is 5.31. The second kappa shape index (κ2) is 6.06. The molecule has 138 valence electrons. The fourth-order valence-corrected chi connectivity index (χ4v) is 3.59. The van der Waals surface area contributed by atoms with Crippen molar-refractivity contribution in [2.75, 3.05) is 4.72 Å². The predicted octanol–water partition coefficient (Wildman–Crippen LogP) is 3.60. The molecule has 0 saturated heterocycles. The average Bonchev–Trinajstić information content (AvgIpc) is 2.82. The van der Waals surface area contributed by atoms with Crippen molar-refractivity contribution >= 4 is 38.4 Å². The first-order valence-electron chi connectivity index (χ1n) is 6.98. The summed E-state index contributed by atoms with van der Waals surface area (Å²) in [7, 11) is -2.76. The molecular weight excluding hydrogens is 397 g/mol. The van der Waals surface area contributed by atoms with Crippen molar-refractivity contribution in [1.29, 1.82) is 0 Å². The van der Waals surface area contributed by atoms with E-state index in [2.05, 4.69) is 0 Å². The van der Waals surface area contributed by atoms with Crippen LogP contribution in [0.5, 0.6) is 0 Å². The maximum absolute atomic E-state index is 12.9. The zero-order chi connectivity index (χ0) is 19.3. The number of aryl methyl sites for hydroxylation is 1. The van der Waals surface area contributed by atoms with E-state index in [1.807, 2.05) is 4.72 Å². The highest BCUT2D eigenvalue weighted by molar-refractivity contribution is 7.92. The molecule has 0 atom stereocenters. The minimum absolute atomic E-state index is 0.0347. The van der Waals surface area contributed by atoms with Gasteiger partial charge in [-0.25, -0.2) is 13.2 Å². The van der Waals surface area contributed by atoms with Crippen molar-refractivity contribution < 1.29 is 26.0 Å². The molecule has 0 spiro atoms. The van der Waals surface area contributed by atoms with E-state index in [0.29, 0.717) is 11.6 Å². The number of hydrogen-bond donors (Lipinski definition) is 1. The monoisotopic (exact) mass is 406 g/mol. The van der Waals surface area contributed by atoms with Gasteiger partial charge in [0.25, 0.3) is 10.0 Å². The molecular formula is C15H10ClF3N2O4S. The highest BCUT2D eigenvalue weighted by Gasteiger charge is 2.33. The molecule has 1 aromatic heterocycles. The van der Waals surface area contributed by atoms with Gasteiger partial charge in [-0.15, -0.1) is 0 Å². The van der Waals surface area contributed by atoms with E-state index in [1.54, 1.807) is 0 Å². The van der Waals surface area contributed by atoms with E-state index in [0.717, 1.165) is 18.2 Å². The minimum atomic E-state index is -4.73. The summed E-state index contributed by atoms with van der Waals surface area (Å²) >= 11 is 5.51. The third kappa shape index (κ3) is 3.29. The highest BCUT2D eigenvalue weighted by atomic mass is 35.5. The largest absolute Gasteiger partial charge is 0.419 e. The Bertz CT molecular complexity index is 1170. The normalized spacial score (nSPS) is 12.5. The number of alkyl halides is 3. The SMILES string of the molecule is Cn1c(=O)oc2cc(S(=O)(=O)Nc3ccc(Cl)c(C(F)(F)F)c3)ccc21. The second-order valence-corrected chi connectivity index (χ2v) is 7.44. The molecule has 0 aliphatic rings. The number of benzene rings is 2. The van der Waals surface area contributed by atoms with E-state index in [1.165, 1.54) is 23.7 Å². The Balaban J connectivity index is 2.01. The van der Waals surface area contributed by atoms with Crippen molar-refractivity contribution in [3.63, 3.8) is 0 Å². The van der Waals surface area contributed by atoms with Gasteiger partial charge >= 0.3 is 11.9 Å². The molecule has 2 aromatic carbocycles. The van der Waals surface area contributed by atoms with Crippen LogP contribution in [0, 0.1) is 0 Å². The maximum Gasteiger partial charge on any atom is 0.419 e. The number of sulfonamides is 1. The van der Waals surface area contributed by atoms with Gasteiger partial charge in [0.05, 0.1) is 21.0 Å². The van der Waals surface area contributed by atoms with Crippen molar-refractivity contribution in [3.05, 3.63) is 57.5 Å². The number of oxazole rings is 1. The van der Waals surface area contributed by atoms with Gasteiger partial charge in [0.2, 0.25) is 0 Å². The lowest BCUT2D eigenvalue weighted by Gasteiger charge is -2.12. The number of anilines is 1. The molecule has 11 heteroatoms. The molecule has 1 N–H and O–H groups in total. The number of fused-ring (bicyclic) bond motifs is 1. The lowest BCUT2D eigenvalue weighted by Crippen LogP contribution is -2.14. The van der Waals surface area contributed by atoms with Gasteiger partial charge in [0.15, 0.2) is 5.58 Å². The summed E-state index contributed by atoms with van der Waals surface area (Å²) in [6, 6.07) is 6.33. The van der Waals surface area contributed by atoms with Crippen LogP contribution in [0.25, 0.3) is 11.1 Å². The minimum Gasteiger partial charge on any atom is -0.408 e. The quantitative estimate of drug-likeness (QED) is 0.720. The van der Waals surface area contributed by atoms with E-state index in [-0.39, 0.29) is 16.2 Å². The van der Waals surface area contributed by atoms with Crippen LogP contribution in [-0.2, 0) is 23.2 Å². The van der Waals surface area contributed by atoms with Crippen molar-refractivity contribution in [2.45, 2.75) is 11.1 Å². The predicted molar refractivity (Wildman–Crippen MR) is 88.7 cm³/mol. The van der Waals surface area contributed by atoms with Crippen LogP contribution in [0.4, 0.5) is 18.9 Å². The molecule has 6 nitrogen and oxygen atoms in total. The molecule has 0 amide bonds. The molecule has 3 rings (SSSR count). The Hall–Kier alpha value is -2.46. The van der Waals surface area contributed by atoms with Gasteiger partial charge in [-0.05, 0) is 30.3 Å². The number of nitrogens with zero attached hydrogens (tertiary/aromatic N) is 1. The van der Waals surface area contributed by atoms with Crippen LogP contribution >= 0.6 is 11.6 Å². The Kier molecular flexibility index (Phi) is 4.27. The van der Waals surface area contributed by atoms with Gasteiger partial charge in [-0.2, -0.15) is 13.2 Å². The first kappa shape index (κ1) is 18.3. The summed E-state index contributed by atoms with van der Waals surface area (Å²) < 4.78 is 71.7. The zero-order valence-corrected chi connectivity index (χ0v) is 14.5. The van der Waals surface area contributed by atoms with E-state index >= 15 is 0 Å². The lowest BCUT2D eigenvalue weighted by molar-refractivity contribution is -0.137. The molecule has 1 heterocycles. The topological polar surface area (TPSA) is 81.3 Å². The van der Waals surface area contributed by atoms with E-state index in [4.69, 9.17) is 16.0 Å². The first-order valence-corrected chi connectivity index (χ1v) is 8.84. The van der Waals surface area contributed by atoms with Crippen molar-refractivity contribution in [2.24, 2.45) is 7.05 Å². The highest BCUT2D eigenvalue weighted by Crippen LogP contribution is 2.36. The van der Waals surface area contributed by atoms with E-state index in [9.17, 15) is 26.4 Å². The Morgan fingerprint density at radius 2 is 1.85 bits per heavy atom. The van der Waals surface area contributed by atoms with Crippen LogP contribution < -0.4 is 10.5 Å². The zero-order valence-electron chi connectivity index (χ0n) is 13.0. The maximum atomic E-state index is 12.9. The summed E-state index contributed by atoms with van der Waals surface area (Å²) in [6.07, 6.45) is -4.73. The summed E-state index contributed by atoms with van der Waals surface area (Å²) in [5, 5.41) is -0.548. The van der Waals surface area contributed by atoms with Gasteiger partial charge in [-0.3, -0.25) is 9.29 Å². The summed E-state index contributed by atoms with van der Waals surface area (Å²) in [5.74, 6) is -0.671. The number of nitrogens with one attached hydrogen (secondary N) is 1. The smallest absolute Gasteiger partial charge is 0.408 e. The van der Waals surface area contributed by atoms with E-state index < -0.39 is 32.5 Å².